The highest BCUT2D eigenvalue weighted by Gasteiger charge is 2.28. The van der Waals surface area contributed by atoms with Crippen molar-refractivity contribution in [2.24, 2.45) is 28.1 Å². The fourth-order valence-electron chi connectivity index (χ4n) is 4.34. The SMILES string of the molecule is Cc1ccc(S(=O)(=O)N(CC(=O)NCc2cccc(CC(C)C(=O)O)c2)c2cccc(Cl)c2C)cc1.NC(N)=NCCCC(N)C(=O)O. The largest absolute Gasteiger partial charge is 0.481 e. The van der Waals surface area contributed by atoms with E-state index in [-0.39, 0.29) is 17.4 Å². The van der Waals surface area contributed by atoms with Crippen LogP contribution in [0.2, 0.25) is 5.02 Å². The summed E-state index contributed by atoms with van der Waals surface area (Å²) in [5, 5.41) is 20.7. The Morgan fingerprint density at radius 2 is 1.58 bits per heavy atom. The maximum atomic E-state index is 13.6. The molecular formula is C33H43ClN6O7S. The van der Waals surface area contributed by atoms with E-state index in [1.54, 1.807) is 50.2 Å². The second-order valence-electron chi connectivity index (χ2n) is 11.1. The first kappa shape index (κ1) is 39.5. The number of aryl methyl sites for hydroxylation is 1. The van der Waals surface area contributed by atoms with E-state index in [4.69, 9.17) is 39.0 Å². The summed E-state index contributed by atoms with van der Waals surface area (Å²) >= 11 is 6.26. The summed E-state index contributed by atoms with van der Waals surface area (Å²) in [4.78, 5) is 38.1. The van der Waals surface area contributed by atoms with E-state index in [2.05, 4.69) is 10.3 Å². The van der Waals surface area contributed by atoms with Crippen molar-refractivity contribution in [3.63, 3.8) is 0 Å². The maximum Gasteiger partial charge on any atom is 0.320 e. The highest BCUT2D eigenvalue weighted by molar-refractivity contribution is 7.92. The molecule has 0 saturated carbocycles. The molecule has 9 N–H and O–H groups in total. The Balaban J connectivity index is 0.000000567. The van der Waals surface area contributed by atoms with Gasteiger partial charge in [0, 0.05) is 18.1 Å². The molecule has 13 nitrogen and oxygen atoms in total. The summed E-state index contributed by atoms with van der Waals surface area (Å²) in [6, 6.07) is 17.8. The van der Waals surface area contributed by atoms with Crippen molar-refractivity contribution in [1.29, 1.82) is 0 Å². The van der Waals surface area contributed by atoms with E-state index in [1.165, 1.54) is 12.1 Å². The van der Waals surface area contributed by atoms with Gasteiger partial charge < -0.3 is 32.7 Å². The molecule has 0 bridgehead atoms. The van der Waals surface area contributed by atoms with Crippen LogP contribution < -0.4 is 26.8 Å². The maximum absolute atomic E-state index is 13.6. The van der Waals surface area contributed by atoms with Crippen molar-refractivity contribution in [1.82, 2.24) is 5.32 Å². The third-order valence-electron chi connectivity index (χ3n) is 7.13. The van der Waals surface area contributed by atoms with Crippen molar-refractivity contribution in [3.8, 4) is 0 Å². The van der Waals surface area contributed by atoms with Crippen LogP contribution in [0.25, 0.3) is 0 Å². The molecule has 2 atom stereocenters. The number of carbonyl (C=O) groups excluding carboxylic acids is 1. The number of nitrogens with one attached hydrogen (secondary N) is 1. The lowest BCUT2D eigenvalue weighted by Gasteiger charge is -2.26. The minimum Gasteiger partial charge on any atom is -0.481 e. The molecule has 0 aliphatic rings. The molecule has 0 radical (unpaired) electrons. The first-order valence-corrected chi connectivity index (χ1v) is 16.8. The Bertz CT molecular complexity index is 1700. The molecule has 0 fully saturated rings. The number of hydrogen-bond donors (Lipinski definition) is 6. The number of carboxylic acids is 2. The van der Waals surface area contributed by atoms with Gasteiger partial charge in [0.2, 0.25) is 5.91 Å². The summed E-state index contributed by atoms with van der Waals surface area (Å²) in [7, 11) is -4.06. The number of nitrogens with two attached hydrogens (primary N) is 3. The lowest BCUT2D eigenvalue weighted by molar-refractivity contribution is -0.141. The van der Waals surface area contributed by atoms with Gasteiger partial charge in [0.25, 0.3) is 10.0 Å². The van der Waals surface area contributed by atoms with Gasteiger partial charge in [0.1, 0.15) is 12.6 Å². The number of anilines is 1. The first-order chi connectivity index (χ1) is 22.5. The Morgan fingerprint density at radius 1 is 0.958 bits per heavy atom. The Morgan fingerprint density at radius 3 is 2.19 bits per heavy atom. The normalized spacial score (nSPS) is 12.1. The molecule has 15 heteroatoms. The number of amides is 1. The highest BCUT2D eigenvalue weighted by atomic mass is 35.5. The molecule has 0 aliphatic carbocycles. The Kier molecular flexibility index (Phi) is 15.3. The minimum absolute atomic E-state index is 0.0129. The fourth-order valence-corrected chi connectivity index (χ4v) is 5.99. The van der Waals surface area contributed by atoms with Gasteiger partial charge in [-0.05, 0) is 74.1 Å². The predicted octanol–water partition coefficient (Wildman–Crippen LogP) is 3.18. The molecule has 3 rings (SSSR count). The summed E-state index contributed by atoms with van der Waals surface area (Å²) < 4.78 is 28.2. The molecule has 0 saturated heterocycles. The van der Waals surface area contributed by atoms with Crippen LogP contribution in [0.5, 0.6) is 0 Å². The third kappa shape index (κ3) is 12.5. The molecule has 1 amide bonds. The summed E-state index contributed by atoms with van der Waals surface area (Å²) in [6.07, 6.45) is 1.32. The summed E-state index contributed by atoms with van der Waals surface area (Å²) in [5.41, 5.74) is 18.7. The van der Waals surface area contributed by atoms with Gasteiger partial charge in [-0.1, -0.05) is 66.6 Å². The van der Waals surface area contributed by atoms with E-state index in [0.29, 0.717) is 42.1 Å². The first-order valence-electron chi connectivity index (χ1n) is 15.0. The van der Waals surface area contributed by atoms with Gasteiger partial charge in [0.15, 0.2) is 5.96 Å². The lowest BCUT2D eigenvalue weighted by Crippen LogP contribution is -2.41. The minimum atomic E-state index is -4.06. The topological polar surface area (TPSA) is 232 Å². The van der Waals surface area contributed by atoms with Crippen molar-refractivity contribution in [2.75, 3.05) is 17.4 Å². The number of guanidine groups is 1. The van der Waals surface area contributed by atoms with Gasteiger partial charge in [-0.25, -0.2) is 8.42 Å². The molecule has 0 aromatic heterocycles. The quantitative estimate of drug-likeness (QED) is 0.0769. The lowest BCUT2D eigenvalue weighted by atomic mass is 10.00. The number of aliphatic imine (C=N–C) groups is 1. The third-order valence-corrected chi connectivity index (χ3v) is 9.32. The molecule has 260 valence electrons. The number of sulfonamides is 1. The second-order valence-corrected chi connectivity index (χ2v) is 13.4. The Labute approximate surface area is 285 Å². The van der Waals surface area contributed by atoms with Crippen LogP contribution in [0.15, 0.2) is 76.6 Å². The Hall–Kier alpha value is -4.66. The van der Waals surface area contributed by atoms with Crippen LogP contribution in [0.4, 0.5) is 5.69 Å². The van der Waals surface area contributed by atoms with Crippen LogP contribution in [0, 0.1) is 19.8 Å². The molecule has 0 spiro atoms. The van der Waals surface area contributed by atoms with Crippen molar-refractivity contribution < 1.29 is 33.0 Å². The predicted molar refractivity (Wildman–Crippen MR) is 186 cm³/mol. The van der Waals surface area contributed by atoms with E-state index >= 15 is 0 Å². The van der Waals surface area contributed by atoms with Gasteiger partial charge in [-0.3, -0.25) is 23.7 Å². The van der Waals surface area contributed by atoms with Gasteiger partial charge in [-0.2, -0.15) is 0 Å². The van der Waals surface area contributed by atoms with Crippen molar-refractivity contribution in [2.45, 2.75) is 57.5 Å². The molecule has 0 heterocycles. The van der Waals surface area contributed by atoms with Crippen LogP contribution in [-0.2, 0) is 37.4 Å². The molecule has 3 aromatic carbocycles. The molecule has 2 unspecified atom stereocenters. The zero-order valence-corrected chi connectivity index (χ0v) is 28.7. The van der Waals surface area contributed by atoms with Crippen molar-refractivity contribution in [3.05, 3.63) is 94.0 Å². The number of aliphatic carboxylic acids is 2. The summed E-state index contributed by atoms with van der Waals surface area (Å²) in [5.74, 6) is -2.89. The van der Waals surface area contributed by atoms with E-state index < -0.39 is 46.4 Å². The molecular weight excluding hydrogens is 660 g/mol. The standard InChI is InChI=1S/C27H29ClN2O5S.C6H14N4O2/c1-18-10-12-23(13-11-18)36(34,35)30(25-9-5-8-24(28)20(25)3)17-26(31)29-16-22-7-4-6-21(15-22)14-19(2)27(32)33;7-4(5(11)12)2-1-3-10-6(8)9/h4-13,15,19H,14,16-17H2,1-3H3,(H,29,31)(H,32,33);4H,1-3,7H2,(H,11,12)(H4,8,9,10). The molecule has 48 heavy (non-hydrogen) atoms. The summed E-state index contributed by atoms with van der Waals surface area (Å²) in [6.45, 7) is 5.35. The molecule has 3 aromatic rings. The second kappa shape index (κ2) is 18.6. The number of hydrogen-bond acceptors (Lipinski definition) is 7. The number of halogens is 1. The monoisotopic (exact) mass is 702 g/mol. The zero-order valence-electron chi connectivity index (χ0n) is 27.1. The average Bonchev–Trinajstić information content (AvgIpc) is 3.02. The van der Waals surface area contributed by atoms with Crippen molar-refractivity contribution >= 4 is 51.1 Å². The smallest absolute Gasteiger partial charge is 0.320 e. The average molecular weight is 703 g/mol. The van der Waals surface area contributed by atoms with Crippen LogP contribution in [0.3, 0.4) is 0 Å². The fraction of sp³-hybridized carbons (Fsp3) is 0.333. The highest BCUT2D eigenvalue weighted by Crippen LogP contribution is 2.31. The number of benzene rings is 3. The number of rotatable bonds is 15. The van der Waals surface area contributed by atoms with E-state index in [9.17, 15) is 22.8 Å². The van der Waals surface area contributed by atoms with Gasteiger partial charge in [-0.15, -0.1) is 0 Å². The van der Waals surface area contributed by atoms with Crippen LogP contribution >= 0.6 is 11.6 Å². The van der Waals surface area contributed by atoms with Gasteiger partial charge >= 0.3 is 11.9 Å². The van der Waals surface area contributed by atoms with E-state index in [1.807, 2.05) is 25.1 Å². The van der Waals surface area contributed by atoms with Crippen LogP contribution in [0.1, 0.15) is 42.0 Å². The number of nitrogens with zero attached hydrogens (tertiary/aromatic N) is 2. The van der Waals surface area contributed by atoms with Crippen LogP contribution in [-0.4, -0.2) is 61.6 Å². The van der Waals surface area contributed by atoms with Gasteiger partial charge in [0.05, 0.1) is 16.5 Å². The molecule has 0 aliphatic heterocycles. The number of carboxylic acid groups (broad SMARTS) is 2. The number of carbonyl (C=O) groups is 3. The van der Waals surface area contributed by atoms with E-state index in [0.717, 1.165) is 21.0 Å². The zero-order chi connectivity index (χ0) is 36.0.